The van der Waals surface area contributed by atoms with E-state index in [1.807, 2.05) is 0 Å². The number of hydrogen-bond acceptors (Lipinski definition) is 4. The molecule has 0 unspecified atom stereocenters. The highest BCUT2D eigenvalue weighted by atomic mass is 19.1. The number of amides is 4. The molecule has 8 nitrogen and oxygen atoms in total. The van der Waals surface area contributed by atoms with Crippen molar-refractivity contribution in [3.05, 3.63) is 107 Å². The van der Waals surface area contributed by atoms with E-state index < -0.39 is 49.1 Å². The zero-order valence-corrected chi connectivity index (χ0v) is 20.8. The Kier molecular flexibility index (Phi) is 7.51. The number of hydrazine groups is 1. The zero-order valence-electron chi connectivity index (χ0n) is 20.8. The molecule has 2 aliphatic heterocycles. The minimum Gasteiger partial charge on any atom is -0.333 e. The number of piperazine rings is 1. The molecule has 0 bridgehead atoms. The number of carbonyl (C=O) groups excluding carboxylic acids is 3. The first-order valence-corrected chi connectivity index (χ1v) is 12.4. The standard InChI is InChI=1S/C28H26F3N5O3/c29-18-34-17-25(37)35-24(36(34)28(39)32-14-19-6-10-22(30)11-7-19)16-33(15-20-8-12-23(31)13-9-20)27(38)26(35)21-4-2-1-3-5-21/h1-13,24,26H,14-18H2,(H,32,39)/t24-,26-/m0/s1. The molecule has 2 atom stereocenters. The molecule has 2 aliphatic rings. The van der Waals surface area contributed by atoms with Crippen molar-refractivity contribution in [3.63, 3.8) is 0 Å². The molecule has 2 fully saturated rings. The smallest absolute Gasteiger partial charge is 0.333 e. The van der Waals surface area contributed by atoms with Crippen molar-refractivity contribution < 1.29 is 27.6 Å². The van der Waals surface area contributed by atoms with Gasteiger partial charge in [0.2, 0.25) is 5.91 Å². The normalized spacial score (nSPS) is 19.7. The summed E-state index contributed by atoms with van der Waals surface area (Å²) in [5.41, 5.74) is 1.83. The summed E-state index contributed by atoms with van der Waals surface area (Å²) >= 11 is 0. The minimum absolute atomic E-state index is 0.0384. The van der Waals surface area contributed by atoms with Gasteiger partial charge < -0.3 is 15.1 Å². The SMILES string of the molecule is O=C1[C@H](c2ccccc2)N2C(=O)CN(CF)N(C(=O)NCc3ccc(F)cc3)[C@H]2CN1Cc1ccc(F)cc1. The van der Waals surface area contributed by atoms with E-state index in [2.05, 4.69) is 5.32 Å². The highest BCUT2D eigenvalue weighted by Gasteiger charge is 2.52. The van der Waals surface area contributed by atoms with Crippen LogP contribution in [0, 0.1) is 11.6 Å². The molecule has 0 saturated carbocycles. The van der Waals surface area contributed by atoms with Crippen LogP contribution in [0.5, 0.6) is 0 Å². The second-order valence-corrected chi connectivity index (χ2v) is 9.35. The van der Waals surface area contributed by atoms with Crippen molar-refractivity contribution >= 4 is 17.8 Å². The highest BCUT2D eigenvalue weighted by Crippen LogP contribution is 2.35. The molecule has 39 heavy (non-hydrogen) atoms. The molecular weight excluding hydrogens is 511 g/mol. The van der Waals surface area contributed by atoms with Gasteiger partial charge in [0.15, 0.2) is 6.80 Å². The minimum atomic E-state index is -1.11. The lowest BCUT2D eigenvalue weighted by Crippen LogP contribution is -2.74. The zero-order chi connectivity index (χ0) is 27.5. The highest BCUT2D eigenvalue weighted by molar-refractivity contribution is 5.92. The van der Waals surface area contributed by atoms with E-state index in [4.69, 9.17) is 0 Å². The predicted molar refractivity (Wildman–Crippen MR) is 135 cm³/mol. The van der Waals surface area contributed by atoms with E-state index in [-0.39, 0.29) is 25.5 Å². The lowest BCUT2D eigenvalue weighted by Gasteiger charge is -2.54. The van der Waals surface area contributed by atoms with E-state index in [9.17, 15) is 27.6 Å². The van der Waals surface area contributed by atoms with Gasteiger partial charge in [0.05, 0.1) is 6.54 Å². The molecule has 0 radical (unpaired) electrons. The average molecular weight is 538 g/mol. The van der Waals surface area contributed by atoms with E-state index in [1.165, 1.54) is 46.2 Å². The first kappa shape index (κ1) is 26.2. The predicted octanol–water partition coefficient (Wildman–Crippen LogP) is 3.57. The Morgan fingerprint density at radius 1 is 0.872 bits per heavy atom. The number of hydrogen-bond donors (Lipinski definition) is 1. The molecule has 5 rings (SSSR count). The first-order valence-electron chi connectivity index (χ1n) is 12.4. The number of rotatable bonds is 6. The molecule has 11 heteroatoms. The maximum absolute atomic E-state index is 14.2. The Labute approximate surface area is 223 Å². The molecule has 202 valence electrons. The lowest BCUT2D eigenvalue weighted by molar-refractivity contribution is -0.196. The summed E-state index contributed by atoms with van der Waals surface area (Å²) in [6, 6.07) is 18.2. The number of fused-ring (bicyclic) bond motifs is 1. The number of nitrogens with one attached hydrogen (secondary N) is 1. The van der Waals surface area contributed by atoms with Crippen LogP contribution >= 0.6 is 0 Å². The van der Waals surface area contributed by atoms with Crippen molar-refractivity contribution in [2.75, 3.05) is 19.9 Å². The summed E-state index contributed by atoms with van der Waals surface area (Å²) < 4.78 is 41.0. The first-order chi connectivity index (χ1) is 18.9. The molecule has 3 aromatic rings. The van der Waals surface area contributed by atoms with Crippen LogP contribution in [0.2, 0.25) is 0 Å². The molecule has 0 spiro atoms. The lowest BCUT2D eigenvalue weighted by atomic mass is 9.98. The van der Waals surface area contributed by atoms with Crippen LogP contribution in [-0.4, -0.2) is 63.7 Å². The Bertz CT molecular complexity index is 1340. The fraction of sp³-hybridized carbons (Fsp3) is 0.250. The van der Waals surface area contributed by atoms with Gasteiger partial charge in [0.25, 0.3) is 5.91 Å². The third-order valence-corrected chi connectivity index (χ3v) is 6.83. The van der Waals surface area contributed by atoms with Crippen LogP contribution in [0.1, 0.15) is 22.7 Å². The summed E-state index contributed by atoms with van der Waals surface area (Å²) in [6.45, 7) is -1.50. The summed E-state index contributed by atoms with van der Waals surface area (Å²) in [4.78, 5) is 43.4. The van der Waals surface area contributed by atoms with E-state index >= 15 is 0 Å². The third-order valence-electron chi connectivity index (χ3n) is 6.83. The molecule has 0 aliphatic carbocycles. The van der Waals surface area contributed by atoms with Crippen molar-refractivity contribution in [1.29, 1.82) is 0 Å². The van der Waals surface area contributed by atoms with Gasteiger partial charge in [-0.1, -0.05) is 54.6 Å². The topological polar surface area (TPSA) is 76.2 Å². The number of urea groups is 1. The Balaban J connectivity index is 1.48. The quantitative estimate of drug-likeness (QED) is 0.488. The van der Waals surface area contributed by atoms with Gasteiger partial charge in [0, 0.05) is 13.1 Å². The van der Waals surface area contributed by atoms with Crippen LogP contribution < -0.4 is 5.32 Å². The van der Waals surface area contributed by atoms with E-state index in [0.29, 0.717) is 16.7 Å². The monoisotopic (exact) mass is 537 g/mol. The van der Waals surface area contributed by atoms with Gasteiger partial charge in [-0.05, 0) is 41.0 Å². The third kappa shape index (κ3) is 5.44. The van der Waals surface area contributed by atoms with E-state index in [1.54, 1.807) is 42.5 Å². The number of carbonyl (C=O) groups is 3. The largest absolute Gasteiger partial charge is 0.334 e. The molecule has 2 saturated heterocycles. The number of benzene rings is 3. The van der Waals surface area contributed by atoms with Crippen LogP contribution in [0.4, 0.5) is 18.0 Å². The Morgan fingerprint density at radius 3 is 2.10 bits per heavy atom. The molecule has 3 aromatic carbocycles. The molecule has 2 heterocycles. The van der Waals surface area contributed by atoms with E-state index in [0.717, 1.165) is 10.0 Å². The van der Waals surface area contributed by atoms with Crippen molar-refractivity contribution in [3.8, 4) is 0 Å². The number of nitrogens with zero attached hydrogens (tertiary/aromatic N) is 4. The summed E-state index contributed by atoms with van der Waals surface area (Å²) in [5, 5.41) is 4.84. The van der Waals surface area contributed by atoms with Crippen molar-refractivity contribution in [2.45, 2.75) is 25.3 Å². The van der Waals surface area contributed by atoms with Gasteiger partial charge in [-0.15, -0.1) is 0 Å². The molecule has 1 N–H and O–H groups in total. The van der Waals surface area contributed by atoms with Gasteiger partial charge >= 0.3 is 6.03 Å². The van der Waals surface area contributed by atoms with Crippen LogP contribution in [-0.2, 0) is 22.7 Å². The Morgan fingerprint density at radius 2 is 1.49 bits per heavy atom. The van der Waals surface area contributed by atoms with Gasteiger partial charge in [-0.2, -0.15) is 5.01 Å². The second-order valence-electron chi connectivity index (χ2n) is 9.35. The van der Waals surface area contributed by atoms with Crippen LogP contribution in [0.15, 0.2) is 78.9 Å². The fourth-order valence-corrected chi connectivity index (χ4v) is 4.96. The summed E-state index contributed by atoms with van der Waals surface area (Å²) in [5.74, 6) is -1.70. The van der Waals surface area contributed by atoms with Gasteiger partial charge in [-0.3, -0.25) is 9.59 Å². The summed E-state index contributed by atoms with van der Waals surface area (Å²) in [7, 11) is 0. The average Bonchev–Trinajstić information content (AvgIpc) is 2.94. The second kappa shape index (κ2) is 11.2. The number of alkyl halides is 1. The maximum Gasteiger partial charge on any atom is 0.334 e. The van der Waals surface area contributed by atoms with Crippen LogP contribution in [0.25, 0.3) is 0 Å². The van der Waals surface area contributed by atoms with Crippen LogP contribution in [0.3, 0.4) is 0 Å². The molecule has 0 aromatic heterocycles. The maximum atomic E-state index is 14.2. The van der Waals surface area contributed by atoms with Crippen molar-refractivity contribution in [1.82, 2.24) is 25.1 Å². The summed E-state index contributed by atoms with van der Waals surface area (Å²) in [6.07, 6.45) is -1.02. The Hall–Kier alpha value is -4.38. The van der Waals surface area contributed by atoms with Gasteiger partial charge in [-0.25, -0.2) is 23.0 Å². The van der Waals surface area contributed by atoms with Gasteiger partial charge in [0.1, 0.15) is 30.4 Å². The molecule has 4 amide bonds. The molecular formula is C28H26F3N5O3. The fourth-order valence-electron chi connectivity index (χ4n) is 4.96. The number of halogens is 3. The van der Waals surface area contributed by atoms with Crippen molar-refractivity contribution in [2.24, 2.45) is 0 Å².